The van der Waals surface area contributed by atoms with E-state index in [4.69, 9.17) is 14.3 Å². The number of aryl methyl sites for hydroxylation is 2. The summed E-state index contributed by atoms with van der Waals surface area (Å²) < 4.78 is 10.9. The Morgan fingerprint density at radius 3 is 2.48 bits per heavy atom. The summed E-state index contributed by atoms with van der Waals surface area (Å²) >= 11 is 0. The van der Waals surface area contributed by atoms with Gasteiger partial charge in [-0.1, -0.05) is 29.4 Å². The first kappa shape index (κ1) is 24.6. The van der Waals surface area contributed by atoms with Gasteiger partial charge in [0.1, 0.15) is 5.75 Å². The second-order valence-corrected chi connectivity index (χ2v) is 7.32. The van der Waals surface area contributed by atoms with Gasteiger partial charge in [0, 0.05) is 18.7 Å². The first-order valence-electron chi connectivity index (χ1n) is 10.2. The number of benzene rings is 2. The van der Waals surface area contributed by atoms with Gasteiger partial charge in [-0.15, -0.1) is 24.0 Å². The Morgan fingerprint density at radius 1 is 1.10 bits per heavy atom. The zero-order valence-corrected chi connectivity index (χ0v) is 20.7. The zero-order valence-electron chi connectivity index (χ0n) is 18.4. The minimum atomic E-state index is 0. The Balaban J connectivity index is 0.00000341. The van der Waals surface area contributed by atoms with Crippen molar-refractivity contribution in [3.8, 4) is 5.75 Å². The van der Waals surface area contributed by atoms with Crippen molar-refractivity contribution in [2.24, 2.45) is 4.99 Å². The number of rotatable bonds is 8. The molecule has 0 unspecified atom stereocenters. The smallest absolute Gasteiger partial charge is 0.228 e. The molecule has 1 heterocycles. The third-order valence-corrected chi connectivity index (χ3v) is 4.36. The first-order chi connectivity index (χ1) is 14.5. The van der Waals surface area contributed by atoms with Gasteiger partial charge in [-0.2, -0.15) is 4.98 Å². The molecule has 3 rings (SSSR count). The van der Waals surface area contributed by atoms with E-state index in [1.54, 1.807) is 0 Å². The highest BCUT2D eigenvalue weighted by atomic mass is 127. The lowest BCUT2D eigenvalue weighted by atomic mass is 10.1. The van der Waals surface area contributed by atoms with E-state index < -0.39 is 0 Å². The largest absolute Gasteiger partial charge is 0.491 e. The summed E-state index contributed by atoms with van der Waals surface area (Å²) in [6.07, 6.45) is 0.762. The molecule has 166 valence electrons. The maximum atomic E-state index is 5.71. The fourth-order valence-corrected chi connectivity index (χ4v) is 2.85. The number of anilines is 1. The maximum Gasteiger partial charge on any atom is 0.228 e. The van der Waals surface area contributed by atoms with E-state index in [0.29, 0.717) is 37.2 Å². The van der Waals surface area contributed by atoms with E-state index in [0.717, 1.165) is 11.4 Å². The molecule has 7 nitrogen and oxygen atoms in total. The van der Waals surface area contributed by atoms with Crippen LogP contribution in [0.3, 0.4) is 0 Å². The van der Waals surface area contributed by atoms with Crippen molar-refractivity contribution < 1.29 is 9.26 Å². The van der Waals surface area contributed by atoms with E-state index in [1.807, 2.05) is 57.2 Å². The zero-order chi connectivity index (χ0) is 21.3. The number of guanidine groups is 1. The predicted octanol–water partition coefficient (Wildman–Crippen LogP) is 4.89. The molecule has 1 aromatic heterocycles. The summed E-state index contributed by atoms with van der Waals surface area (Å²) in [6.45, 7) is 9.13. The average Bonchev–Trinajstić information content (AvgIpc) is 3.13. The van der Waals surface area contributed by atoms with Crippen LogP contribution in [-0.4, -0.2) is 28.7 Å². The number of hydrogen-bond donors (Lipinski definition) is 2. The SMILES string of the molecule is Cc1noc(CCNC(=NCc2ccccc2C)Nc2ccc(OC(C)C)cc2)n1.I. The van der Waals surface area contributed by atoms with Crippen LogP contribution in [0, 0.1) is 13.8 Å². The molecule has 8 heteroatoms. The van der Waals surface area contributed by atoms with Crippen molar-refractivity contribution in [1.29, 1.82) is 0 Å². The number of halogens is 1. The summed E-state index contributed by atoms with van der Waals surface area (Å²) in [5, 5.41) is 10.5. The molecule has 2 N–H and O–H groups in total. The maximum absolute atomic E-state index is 5.71. The Hall–Kier alpha value is -2.62. The molecular weight excluding hydrogens is 505 g/mol. The van der Waals surface area contributed by atoms with Crippen LogP contribution in [0.4, 0.5) is 5.69 Å². The summed E-state index contributed by atoms with van der Waals surface area (Å²) in [7, 11) is 0. The quantitative estimate of drug-likeness (QED) is 0.243. The second kappa shape index (κ2) is 12.3. The van der Waals surface area contributed by atoms with Crippen LogP contribution in [0.25, 0.3) is 0 Å². The highest BCUT2D eigenvalue weighted by Gasteiger charge is 2.06. The van der Waals surface area contributed by atoms with E-state index in [9.17, 15) is 0 Å². The molecule has 0 aliphatic carbocycles. The van der Waals surface area contributed by atoms with Gasteiger partial charge in [-0.05, 0) is 63.1 Å². The molecule has 0 spiro atoms. The minimum Gasteiger partial charge on any atom is -0.491 e. The van der Waals surface area contributed by atoms with Gasteiger partial charge in [0.2, 0.25) is 5.89 Å². The van der Waals surface area contributed by atoms with E-state index in [-0.39, 0.29) is 30.1 Å². The molecule has 3 aromatic rings. The molecule has 0 fully saturated rings. The summed E-state index contributed by atoms with van der Waals surface area (Å²) in [5.74, 6) is 2.77. The van der Waals surface area contributed by atoms with Crippen LogP contribution in [0.1, 0.15) is 36.7 Å². The molecule has 0 aliphatic heterocycles. The van der Waals surface area contributed by atoms with Crippen molar-refractivity contribution in [2.45, 2.75) is 46.8 Å². The second-order valence-electron chi connectivity index (χ2n) is 7.32. The van der Waals surface area contributed by atoms with Gasteiger partial charge in [0.15, 0.2) is 11.8 Å². The molecule has 0 amide bonds. The van der Waals surface area contributed by atoms with Gasteiger partial charge in [0.25, 0.3) is 0 Å². The normalized spacial score (nSPS) is 11.2. The number of hydrogen-bond acceptors (Lipinski definition) is 5. The van der Waals surface area contributed by atoms with Crippen LogP contribution < -0.4 is 15.4 Å². The Bertz CT molecular complexity index is 970. The van der Waals surface area contributed by atoms with Crippen LogP contribution in [0.2, 0.25) is 0 Å². The van der Waals surface area contributed by atoms with E-state index in [2.05, 4.69) is 39.8 Å². The van der Waals surface area contributed by atoms with Gasteiger partial charge in [-0.3, -0.25) is 0 Å². The van der Waals surface area contributed by atoms with Crippen LogP contribution in [-0.2, 0) is 13.0 Å². The lowest BCUT2D eigenvalue weighted by Crippen LogP contribution is -2.32. The number of nitrogens with one attached hydrogen (secondary N) is 2. The fraction of sp³-hybridized carbons (Fsp3) is 0.348. The average molecular weight is 535 g/mol. The number of aromatic nitrogens is 2. The third-order valence-electron chi connectivity index (χ3n) is 4.36. The van der Waals surface area contributed by atoms with Crippen molar-refractivity contribution >= 4 is 35.6 Å². The molecule has 0 radical (unpaired) electrons. The molecule has 0 saturated heterocycles. The van der Waals surface area contributed by atoms with Gasteiger partial charge in [-0.25, -0.2) is 4.99 Å². The molecule has 0 atom stereocenters. The first-order valence-corrected chi connectivity index (χ1v) is 10.2. The molecule has 31 heavy (non-hydrogen) atoms. The number of nitrogens with zero attached hydrogens (tertiary/aromatic N) is 3. The highest BCUT2D eigenvalue weighted by molar-refractivity contribution is 14.0. The summed E-state index contributed by atoms with van der Waals surface area (Å²) in [5.41, 5.74) is 3.33. The topological polar surface area (TPSA) is 84.6 Å². The number of ether oxygens (including phenoxy) is 1. The fourth-order valence-electron chi connectivity index (χ4n) is 2.85. The number of aliphatic imine (C=N–C) groups is 1. The Labute approximate surface area is 200 Å². The van der Waals surface area contributed by atoms with Crippen LogP contribution >= 0.6 is 24.0 Å². The molecule has 0 saturated carbocycles. The van der Waals surface area contributed by atoms with Gasteiger partial charge < -0.3 is 19.9 Å². The van der Waals surface area contributed by atoms with E-state index >= 15 is 0 Å². The predicted molar refractivity (Wildman–Crippen MR) is 134 cm³/mol. The summed E-state index contributed by atoms with van der Waals surface area (Å²) in [6, 6.07) is 16.1. The summed E-state index contributed by atoms with van der Waals surface area (Å²) in [4.78, 5) is 8.99. The van der Waals surface area contributed by atoms with Crippen molar-refractivity contribution in [3.05, 3.63) is 71.4 Å². The van der Waals surface area contributed by atoms with Crippen molar-refractivity contribution in [1.82, 2.24) is 15.5 Å². The third kappa shape index (κ3) is 8.20. The van der Waals surface area contributed by atoms with Crippen LogP contribution in [0.15, 0.2) is 58.0 Å². The molecular formula is C23H30IN5O2. The lowest BCUT2D eigenvalue weighted by molar-refractivity contribution is 0.242. The van der Waals surface area contributed by atoms with E-state index in [1.165, 1.54) is 11.1 Å². The molecule has 0 aliphatic rings. The molecule has 2 aromatic carbocycles. The molecule has 0 bridgehead atoms. The van der Waals surface area contributed by atoms with Crippen LogP contribution in [0.5, 0.6) is 5.75 Å². The van der Waals surface area contributed by atoms with Crippen molar-refractivity contribution in [2.75, 3.05) is 11.9 Å². The minimum absolute atomic E-state index is 0. The highest BCUT2D eigenvalue weighted by Crippen LogP contribution is 2.17. The monoisotopic (exact) mass is 535 g/mol. The standard InChI is InChI=1S/C23H29N5O2.HI/c1-16(2)29-21-11-9-20(10-12-21)27-23(24-14-13-22-26-18(4)28-30-22)25-15-19-8-6-5-7-17(19)3;/h5-12,16H,13-15H2,1-4H3,(H2,24,25,27);1H. The van der Waals surface area contributed by atoms with Gasteiger partial charge >= 0.3 is 0 Å². The van der Waals surface area contributed by atoms with Gasteiger partial charge in [0.05, 0.1) is 12.6 Å². The van der Waals surface area contributed by atoms with Crippen molar-refractivity contribution in [3.63, 3.8) is 0 Å². The Kier molecular flexibility index (Phi) is 9.77. The lowest BCUT2D eigenvalue weighted by Gasteiger charge is -2.14. The Morgan fingerprint density at radius 2 is 1.84 bits per heavy atom.